The van der Waals surface area contributed by atoms with Gasteiger partial charge in [0.15, 0.2) is 0 Å². The number of carbonyl (C=O) groups excluding carboxylic acids is 1. The van der Waals surface area contributed by atoms with E-state index in [2.05, 4.69) is 10.3 Å². The van der Waals surface area contributed by atoms with E-state index in [4.69, 9.17) is 10.8 Å². The molecule has 2 rings (SSSR count). The van der Waals surface area contributed by atoms with Gasteiger partial charge >= 0.3 is 6.09 Å². The Balaban J connectivity index is 1.88. The van der Waals surface area contributed by atoms with Gasteiger partial charge in [-0.2, -0.15) is 0 Å². The minimum absolute atomic E-state index is 0.197. The smallest absolute Gasteiger partial charge is 0.407 e. The van der Waals surface area contributed by atoms with Crippen LogP contribution in [-0.4, -0.2) is 46.1 Å². The number of hydrogen-bond donors (Lipinski definition) is 3. The standard InChI is InChI=1S/C12H16N4O3/c13-11(17)8-1-2-10(14-7-8)15-9-3-5-16(6-4-9)12(18)19/h1-2,7,9H,3-6H2,(H2,13,17)(H,14,15)(H,18,19). The quantitative estimate of drug-likeness (QED) is 0.746. The molecule has 7 nitrogen and oxygen atoms in total. The molecule has 2 amide bonds. The number of aromatic nitrogens is 1. The molecular formula is C12H16N4O3. The molecule has 0 spiro atoms. The third kappa shape index (κ3) is 3.34. The van der Waals surface area contributed by atoms with Gasteiger partial charge in [0.1, 0.15) is 5.82 Å². The first-order valence-corrected chi connectivity index (χ1v) is 6.06. The third-order valence-corrected chi connectivity index (χ3v) is 3.17. The summed E-state index contributed by atoms with van der Waals surface area (Å²) in [7, 11) is 0. The summed E-state index contributed by atoms with van der Waals surface area (Å²) in [6.45, 7) is 1.04. The molecular weight excluding hydrogens is 248 g/mol. The van der Waals surface area contributed by atoms with Crippen molar-refractivity contribution in [1.29, 1.82) is 0 Å². The number of likely N-dealkylation sites (tertiary alicyclic amines) is 1. The lowest BCUT2D eigenvalue weighted by molar-refractivity contribution is 0.1000. The predicted octanol–water partition coefficient (Wildman–Crippen LogP) is 0.735. The van der Waals surface area contributed by atoms with Crippen LogP contribution in [0.4, 0.5) is 10.6 Å². The van der Waals surface area contributed by atoms with Gasteiger partial charge in [-0.1, -0.05) is 0 Å². The Morgan fingerprint density at radius 2 is 2.05 bits per heavy atom. The molecule has 0 aromatic carbocycles. The van der Waals surface area contributed by atoms with Crippen molar-refractivity contribution in [3.8, 4) is 0 Å². The zero-order valence-corrected chi connectivity index (χ0v) is 10.4. The van der Waals surface area contributed by atoms with E-state index in [-0.39, 0.29) is 6.04 Å². The molecule has 4 N–H and O–H groups in total. The Morgan fingerprint density at radius 3 is 2.53 bits per heavy atom. The predicted molar refractivity (Wildman–Crippen MR) is 69.0 cm³/mol. The number of nitrogens with zero attached hydrogens (tertiary/aromatic N) is 2. The van der Waals surface area contributed by atoms with Gasteiger partial charge in [0.05, 0.1) is 5.56 Å². The van der Waals surface area contributed by atoms with Crippen LogP contribution in [0, 0.1) is 0 Å². The maximum Gasteiger partial charge on any atom is 0.407 e. The van der Waals surface area contributed by atoms with Crippen molar-refractivity contribution in [3.05, 3.63) is 23.9 Å². The summed E-state index contributed by atoms with van der Waals surface area (Å²) in [5.74, 6) is 0.160. The van der Waals surface area contributed by atoms with E-state index in [1.807, 2.05) is 0 Å². The first-order chi connectivity index (χ1) is 9.06. The largest absolute Gasteiger partial charge is 0.465 e. The van der Waals surface area contributed by atoms with Crippen molar-refractivity contribution in [2.75, 3.05) is 18.4 Å². The molecule has 1 aliphatic heterocycles. The van der Waals surface area contributed by atoms with Crippen molar-refractivity contribution in [3.63, 3.8) is 0 Å². The molecule has 1 saturated heterocycles. The number of anilines is 1. The van der Waals surface area contributed by atoms with E-state index < -0.39 is 12.0 Å². The molecule has 0 unspecified atom stereocenters. The van der Waals surface area contributed by atoms with Crippen molar-refractivity contribution in [2.24, 2.45) is 5.73 Å². The van der Waals surface area contributed by atoms with Crippen LogP contribution in [0.2, 0.25) is 0 Å². The maximum atomic E-state index is 10.9. The van der Waals surface area contributed by atoms with Crippen molar-refractivity contribution in [2.45, 2.75) is 18.9 Å². The SMILES string of the molecule is NC(=O)c1ccc(NC2CCN(C(=O)O)CC2)nc1. The lowest BCUT2D eigenvalue weighted by atomic mass is 10.1. The first-order valence-electron chi connectivity index (χ1n) is 6.06. The van der Waals surface area contributed by atoms with Crippen LogP contribution in [-0.2, 0) is 0 Å². The number of pyridine rings is 1. The summed E-state index contributed by atoms with van der Waals surface area (Å²) in [6.07, 6.45) is 2.04. The molecule has 1 aliphatic rings. The Bertz CT molecular complexity index is 466. The molecule has 0 atom stereocenters. The second kappa shape index (κ2) is 5.55. The van der Waals surface area contributed by atoms with Crippen LogP contribution in [0.15, 0.2) is 18.3 Å². The Hall–Kier alpha value is -2.31. The number of carbonyl (C=O) groups is 2. The van der Waals surface area contributed by atoms with Gasteiger partial charge in [-0.25, -0.2) is 9.78 Å². The van der Waals surface area contributed by atoms with Crippen LogP contribution in [0.3, 0.4) is 0 Å². The van der Waals surface area contributed by atoms with E-state index >= 15 is 0 Å². The molecule has 0 saturated carbocycles. The van der Waals surface area contributed by atoms with Crippen LogP contribution in [0.5, 0.6) is 0 Å². The topological polar surface area (TPSA) is 109 Å². The number of primary amides is 1. The number of nitrogens with one attached hydrogen (secondary N) is 1. The Morgan fingerprint density at radius 1 is 1.37 bits per heavy atom. The monoisotopic (exact) mass is 264 g/mol. The fourth-order valence-electron chi connectivity index (χ4n) is 2.05. The van der Waals surface area contributed by atoms with E-state index in [1.165, 1.54) is 11.1 Å². The van der Waals surface area contributed by atoms with E-state index in [9.17, 15) is 9.59 Å². The molecule has 7 heteroatoms. The number of rotatable bonds is 3. The number of nitrogens with two attached hydrogens (primary N) is 1. The molecule has 0 bridgehead atoms. The summed E-state index contributed by atoms with van der Waals surface area (Å²) in [6, 6.07) is 3.51. The summed E-state index contributed by atoms with van der Waals surface area (Å²) in [4.78, 5) is 27.2. The number of piperidine rings is 1. The minimum atomic E-state index is -0.873. The molecule has 19 heavy (non-hydrogen) atoms. The van der Waals surface area contributed by atoms with Crippen LogP contribution in [0.1, 0.15) is 23.2 Å². The number of carboxylic acid groups (broad SMARTS) is 1. The fraction of sp³-hybridized carbons (Fsp3) is 0.417. The molecule has 1 aromatic heterocycles. The highest BCUT2D eigenvalue weighted by Crippen LogP contribution is 2.15. The van der Waals surface area contributed by atoms with E-state index in [0.29, 0.717) is 24.5 Å². The maximum absolute atomic E-state index is 10.9. The Labute approximate surface area is 110 Å². The second-order valence-electron chi connectivity index (χ2n) is 4.48. The van der Waals surface area contributed by atoms with Gasteiger partial charge in [-0.15, -0.1) is 0 Å². The molecule has 1 aromatic rings. The third-order valence-electron chi connectivity index (χ3n) is 3.17. The molecule has 1 fully saturated rings. The average molecular weight is 264 g/mol. The zero-order valence-electron chi connectivity index (χ0n) is 10.4. The van der Waals surface area contributed by atoms with Crippen LogP contribution >= 0.6 is 0 Å². The summed E-state index contributed by atoms with van der Waals surface area (Å²) < 4.78 is 0. The summed E-state index contributed by atoms with van der Waals surface area (Å²) in [5.41, 5.74) is 5.50. The first kappa shape index (κ1) is 13.1. The summed E-state index contributed by atoms with van der Waals surface area (Å²) >= 11 is 0. The van der Waals surface area contributed by atoms with E-state index in [1.54, 1.807) is 12.1 Å². The summed E-state index contributed by atoms with van der Waals surface area (Å²) in [5, 5.41) is 12.1. The highest BCUT2D eigenvalue weighted by atomic mass is 16.4. The highest BCUT2D eigenvalue weighted by Gasteiger charge is 2.22. The highest BCUT2D eigenvalue weighted by molar-refractivity contribution is 5.92. The second-order valence-corrected chi connectivity index (χ2v) is 4.48. The van der Waals surface area contributed by atoms with Crippen molar-refractivity contribution >= 4 is 17.8 Å². The minimum Gasteiger partial charge on any atom is -0.465 e. The lowest BCUT2D eigenvalue weighted by Crippen LogP contribution is -2.41. The molecule has 2 heterocycles. The van der Waals surface area contributed by atoms with Crippen LogP contribution in [0.25, 0.3) is 0 Å². The van der Waals surface area contributed by atoms with Gasteiger partial charge in [0.25, 0.3) is 0 Å². The molecule has 102 valence electrons. The van der Waals surface area contributed by atoms with Gasteiger partial charge in [0, 0.05) is 25.3 Å². The van der Waals surface area contributed by atoms with Gasteiger partial charge < -0.3 is 21.1 Å². The number of hydrogen-bond acceptors (Lipinski definition) is 4. The molecule has 0 aliphatic carbocycles. The van der Waals surface area contributed by atoms with Gasteiger partial charge in [-0.3, -0.25) is 4.79 Å². The van der Waals surface area contributed by atoms with Crippen LogP contribution < -0.4 is 11.1 Å². The van der Waals surface area contributed by atoms with Crippen molar-refractivity contribution < 1.29 is 14.7 Å². The zero-order chi connectivity index (χ0) is 13.8. The lowest BCUT2D eigenvalue weighted by Gasteiger charge is -2.30. The number of amides is 2. The van der Waals surface area contributed by atoms with Crippen molar-refractivity contribution in [1.82, 2.24) is 9.88 Å². The average Bonchev–Trinajstić information content (AvgIpc) is 2.40. The van der Waals surface area contributed by atoms with E-state index in [0.717, 1.165) is 12.8 Å². The molecule has 0 radical (unpaired) electrons. The van der Waals surface area contributed by atoms with Gasteiger partial charge in [0.2, 0.25) is 5.91 Å². The normalized spacial score (nSPS) is 16.1. The Kier molecular flexibility index (Phi) is 3.84. The fourth-order valence-corrected chi connectivity index (χ4v) is 2.05. The van der Waals surface area contributed by atoms with Gasteiger partial charge in [-0.05, 0) is 25.0 Å².